The zero-order valence-corrected chi connectivity index (χ0v) is 22.8. The Morgan fingerprint density at radius 2 is 1.85 bits per heavy atom. The number of ketones is 2. The molecule has 5 rings (SSSR count). The van der Waals surface area contributed by atoms with Gasteiger partial charge in [-0.3, -0.25) is 24.1 Å². The molecular weight excluding hydrogens is 510 g/mol. The molecule has 0 bridgehead atoms. The van der Waals surface area contributed by atoms with Crippen molar-refractivity contribution < 1.29 is 48.7 Å². The first-order valence-electron chi connectivity index (χ1n) is 13.3. The minimum absolute atomic E-state index is 0.176. The molecule has 0 radical (unpaired) electrons. The summed E-state index contributed by atoms with van der Waals surface area (Å²) >= 11 is 0. The van der Waals surface area contributed by atoms with E-state index in [1.54, 1.807) is 13.8 Å². The number of aliphatic hydroxyl groups excluding tert-OH is 1. The third-order valence-corrected chi connectivity index (χ3v) is 9.01. The molecule has 10 atom stereocenters. The zero-order valence-electron chi connectivity index (χ0n) is 22.8. The Balaban J connectivity index is 1.68. The van der Waals surface area contributed by atoms with Crippen LogP contribution in [-0.4, -0.2) is 91.1 Å². The maximum Gasteiger partial charge on any atom is 0.303 e. The van der Waals surface area contributed by atoms with Gasteiger partial charge in [0, 0.05) is 30.9 Å². The highest BCUT2D eigenvalue weighted by molar-refractivity contribution is 6.22. The molecule has 1 saturated carbocycles. The van der Waals surface area contributed by atoms with Crippen LogP contribution < -0.4 is 0 Å². The van der Waals surface area contributed by atoms with Crippen molar-refractivity contribution in [3.8, 4) is 0 Å². The molecule has 2 aliphatic carbocycles. The summed E-state index contributed by atoms with van der Waals surface area (Å²) in [6.45, 7) is 8.92. The van der Waals surface area contributed by atoms with E-state index in [1.807, 2.05) is 6.92 Å². The summed E-state index contributed by atoms with van der Waals surface area (Å²) in [5, 5.41) is 33.7. The first-order valence-corrected chi connectivity index (χ1v) is 13.3. The normalized spacial score (nSPS) is 44.2. The number of hydrogen-bond acceptors (Lipinski definition) is 10. The fraction of sp³-hybridized carbons (Fsp3) is 0.643. The SMILES string of the molecule is CC(=O)O[C@@H](C)[C@@]12C=C(C)[C@@H]3[C@@H](C)[C@H](O[C@H]4CC[C@@H](O)[C@@H](C)O4)C4=CC(=O)C=C(N1C(=O)[C@](C)(O)C2=O)[C@@]43O. The molecule has 3 fully saturated rings. The van der Waals surface area contributed by atoms with Crippen LogP contribution in [0.1, 0.15) is 54.4 Å². The molecule has 5 aliphatic rings. The molecule has 1 amide bonds. The van der Waals surface area contributed by atoms with E-state index < -0.39 is 82.7 Å². The Labute approximate surface area is 226 Å². The number of rotatable bonds is 4. The predicted octanol–water partition coefficient (Wildman–Crippen LogP) is 0.460. The van der Waals surface area contributed by atoms with E-state index in [0.717, 1.165) is 24.8 Å². The van der Waals surface area contributed by atoms with Gasteiger partial charge in [-0.25, -0.2) is 0 Å². The topological polar surface area (TPSA) is 160 Å². The van der Waals surface area contributed by atoms with Crippen LogP contribution in [0.5, 0.6) is 0 Å². The number of allylic oxidation sites excluding steroid dienone is 2. The van der Waals surface area contributed by atoms with Crippen LogP contribution >= 0.6 is 0 Å². The molecule has 11 nitrogen and oxygen atoms in total. The second-order valence-electron chi connectivity index (χ2n) is 11.6. The number of hydrogen-bond donors (Lipinski definition) is 3. The molecule has 3 heterocycles. The summed E-state index contributed by atoms with van der Waals surface area (Å²) in [5.41, 5.74) is -5.93. The van der Waals surface area contributed by atoms with Crippen molar-refractivity contribution in [1.29, 1.82) is 0 Å². The summed E-state index contributed by atoms with van der Waals surface area (Å²) < 4.78 is 17.6. The third-order valence-electron chi connectivity index (χ3n) is 9.01. The quantitative estimate of drug-likeness (QED) is 0.257. The molecule has 2 saturated heterocycles. The number of ether oxygens (including phenoxy) is 3. The average Bonchev–Trinajstić information content (AvgIpc) is 3.09. The lowest BCUT2D eigenvalue weighted by Crippen LogP contribution is -2.59. The van der Waals surface area contributed by atoms with E-state index in [4.69, 9.17) is 14.2 Å². The molecule has 0 aromatic carbocycles. The lowest BCUT2D eigenvalue weighted by molar-refractivity contribution is -0.233. The van der Waals surface area contributed by atoms with Crippen molar-refractivity contribution in [2.45, 2.75) is 102 Å². The van der Waals surface area contributed by atoms with Crippen LogP contribution in [0, 0.1) is 11.8 Å². The van der Waals surface area contributed by atoms with Crippen LogP contribution in [0.25, 0.3) is 0 Å². The van der Waals surface area contributed by atoms with Crippen molar-refractivity contribution in [2.75, 3.05) is 0 Å². The second kappa shape index (κ2) is 8.90. The zero-order chi connectivity index (χ0) is 28.8. The van der Waals surface area contributed by atoms with E-state index in [0.29, 0.717) is 18.4 Å². The summed E-state index contributed by atoms with van der Waals surface area (Å²) in [5.74, 6) is -4.41. The minimum Gasteiger partial charge on any atom is -0.459 e. The predicted molar refractivity (Wildman–Crippen MR) is 133 cm³/mol. The summed E-state index contributed by atoms with van der Waals surface area (Å²) in [6.07, 6.45) is 0.861. The van der Waals surface area contributed by atoms with Crippen molar-refractivity contribution in [3.63, 3.8) is 0 Å². The number of aliphatic hydroxyl groups is 3. The molecule has 0 aromatic rings. The first-order chi connectivity index (χ1) is 18.1. The number of carbonyl (C=O) groups is 4. The molecule has 39 heavy (non-hydrogen) atoms. The lowest BCUT2D eigenvalue weighted by Gasteiger charge is -2.43. The van der Waals surface area contributed by atoms with Gasteiger partial charge < -0.3 is 29.5 Å². The van der Waals surface area contributed by atoms with E-state index in [-0.39, 0.29) is 11.3 Å². The fourth-order valence-electron chi connectivity index (χ4n) is 7.23. The van der Waals surface area contributed by atoms with Gasteiger partial charge in [0.15, 0.2) is 17.6 Å². The van der Waals surface area contributed by atoms with E-state index in [9.17, 15) is 34.5 Å². The lowest BCUT2D eigenvalue weighted by atomic mass is 9.75. The Morgan fingerprint density at radius 1 is 1.18 bits per heavy atom. The van der Waals surface area contributed by atoms with Crippen LogP contribution in [0.4, 0.5) is 0 Å². The maximum atomic E-state index is 13.8. The second-order valence-corrected chi connectivity index (χ2v) is 11.6. The summed E-state index contributed by atoms with van der Waals surface area (Å²) in [4.78, 5) is 53.6. The van der Waals surface area contributed by atoms with Crippen LogP contribution in [0.3, 0.4) is 0 Å². The molecule has 3 aliphatic heterocycles. The van der Waals surface area contributed by atoms with Gasteiger partial charge >= 0.3 is 5.97 Å². The Hall–Kier alpha value is -2.70. The number of nitrogens with zero attached hydrogens (tertiary/aromatic N) is 1. The highest BCUT2D eigenvalue weighted by atomic mass is 16.7. The molecule has 212 valence electrons. The van der Waals surface area contributed by atoms with Crippen LogP contribution in [0.2, 0.25) is 0 Å². The smallest absolute Gasteiger partial charge is 0.303 e. The Morgan fingerprint density at radius 3 is 2.46 bits per heavy atom. The molecule has 3 N–H and O–H groups in total. The van der Waals surface area contributed by atoms with Gasteiger partial charge in [0.05, 0.1) is 24.0 Å². The standard InChI is InChI=1S/C28H35NO10/c1-12-11-27(15(4)38-16(5)30)24(33)26(6,35)25(34)29(27)20-10-17(31)9-18-23(13(2)22(12)28(18,20)36)39-21-8-7-19(32)14(3)37-21/h9-11,13-15,19,21-23,32,35-36H,7-8H2,1-6H3/t13-,14-,15+,19-,21+,22-,23+,26-,27-,28+/m1/s1. The van der Waals surface area contributed by atoms with E-state index in [2.05, 4.69) is 0 Å². The van der Waals surface area contributed by atoms with Crippen molar-refractivity contribution in [3.05, 3.63) is 35.1 Å². The summed E-state index contributed by atoms with van der Waals surface area (Å²) in [6, 6.07) is 0. The van der Waals surface area contributed by atoms with Crippen molar-refractivity contribution >= 4 is 23.4 Å². The van der Waals surface area contributed by atoms with Gasteiger partial charge in [-0.1, -0.05) is 12.5 Å². The Kier molecular flexibility index (Phi) is 6.36. The molecular formula is C28H35NO10. The van der Waals surface area contributed by atoms with Gasteiger partial charge in [-0.05, 0) is 52.2 Å². The van der Waals surface area contributed by atoms with E-state index in [1.165, 1.54) is 19.1 Å². The molecule has 0 spiro atoms. The largest absolute Gasteiger partial charge is 0.459 e. The number of fused-ring (bicyclic) bond motifs is 2. The number of esters is 1. The third kappa shape index (κ3) is 3.67. The highest BCUT2D eigenvalue weighted by Crippen LogP contribution is 2.59. The van der Waals surface area contributed by atoms with Gasteiger partial charge in [-0.15, -0.1) is 0 Å². The monoisotopic (exact) mass is 545 g/mol. The van der Waals surface area contributed by atoms with Gasteiger partial charge in [-0.2, -0.15) is 0 Å². The highest BCUT2D eigenvalue weighted by Gasteiger charge is 2.73. The van der Waals surface area contributed by atoms with Crippen LogP contribution in [-0.2, 0) is 33.4 Å². The average molecular weight is 546 g/mol. The number of Topliss-reactive ketones (excluding diaryl/α,β-unsaturated/α-hetero) is 1. The van der Waals surface area contributed by atoms with Gasteiger partial charge in [0.2, 0.25) is 11.4 Å². The number of carbonyl (C=O) groups excluding carboxylic acids is 4. The summed E-state index contributed by atoms with van der Waals surface area (Å²) in [7, 11) is 0. The molecule has 11 heteroatoms. The van der Waals surface area contributed by atoms with Crippen molar-refractivity contribution in [1.82, 2.24) is 4.90 Å². The van der Waals surface area contributed by atoms with Gasteiger partial charge in [0.25, 0.3) is 5.91 Å². The van der Waals surface area contributed by atoms with Gasteiger partial charge in [0.1, 0.15) is 11.7 Å². The maximum absolute atomic E-state index is 13.8. The van der Waals surface area contributed by atoms with E-state index >= 15 is 0 Å². The molecule has 0 aromatic heterocycles. The Bertz CT molecular complexity index is 1250. The fourth-order valence-corrected chi connectivity index (χ4v) is 7.23. The van der Waals surface area contributed by atoms with Crippen LogP contribution in [0.15, 0.2) is 35.1 Å². The van der Waals surface area contributed by atoms with Crippen molar-refractivity contribution in [2.24, 2.45) is 11.8 Å². The minimum atomic E-state index is -2.51. The first kappa shape index (κ1) is 27.9. The molecule has 0 unspecified atom stereocenters. The number of amides is 1.